The zero-order chi connectivity index (χ0) is 9.84. The quantitative estimate of drug-likeness (QED) is 0.539. The van der Waals surface area contributed by atoms with Crippen molar-refractivity contribution >= 4 is 11.7 Å². The molecule has 0 saturated heterocycles. The van der Waals surface area contributed by atoms with E-state index in [0.717, 1.165) is 5.56 Å². The molecule has 0 spiro atoms. The van der Waals surface area contributed by atoms with E-state index in [0.29, 0.717) is 5.56 Å². The number of carbonyl (C=O) groups excluding carboxylic acids is 2. The highest BCUT2D eigenvalue weighted by atomic mass is 16.2. The molecule has 1 N–H and O–H groups in total. The van der Waals surface area contributed by atoms with Crippen LogP contribution in [-0.4, -0.2) is 18.7 Å². The molecule has 0 fully saturated rings. The molecule has 68 valence electrons. The van der Waals surface area contributed by atoms with Gasteiger partial charge < -0.3 is 5.32 Å². The molecule has 1 aromatic rings. The number of aryl methyl sites for hydroxylation is 1. The molecule has 0 radical (unpaired) electrons. The number of amides is 1. The summed E-state index contributed by atoms with van der Waals surface area (Å²) in [6, 6.07) is 6.90. The third kappa shape index (κ3) is 2.15. The number of hydrogen-bond donors (Lipinski definition) is 1. The molecule has 0 saturated carbocycles. The second-order valence-corrected chi connectivity index (χ2v) is 2.77. The van der Waals surface area contributed by atoms with Gasteiger partial charge in [0, 0.05) is 12.6 Å². The van der Waals surface area contributed by atoms with E-state index in [4.69, 9.17) is 0 Å². The Morgan fingerprint density at radius 3 is 2.15 bits per heavy atom. The van der Waals surface area contributed by atoms with Crippen LogP contribution in [0.3, 0.4) is 0 Å². The van der Waals surface area contributed by atoms with Gasteiger partial charge in [0.15, 0.2) is 0 Å². The number of carbonyl (C=O) groups is 2. The Morgan fingerprint density at radius 2 is 1.69 bits per heavy atom. The Kier molecular flexibility index (Phi) is 2.80. The van der Waals surface area contributed by atoms with Gasteiger partial charge in [0.1, 0.15) is 0 Å². The van der Waals surface area contributed by atoms with Crippen LogP contribution < -0.4 is 5.32 Å². The second-order valence-electron chi connectivity index (χ2n) is 2.77. The molecule has 0 aliphatic rings. The molecule has 1 rings (SSSR count). The van der Waals surface area contributed by atoms with Crippen LogP contribution in [0.15, 0.2) is 24.3 Å². The van der Waals surface area contributed by atoms with E-state index in [1.165, 1.54) is 7.05 Å². The lowest BCUT2D eigenvalue weighted by Crippen LogP contribution is -2.27. The molecule has 3 nitrogen and oxygen atoms in total. The first-order valence-corrected chi connectivity index (χ1v) is 3.98. The topological polar surface area (TPSA) is 46.2 Å². The lowest BCUT2D eigenvalue weighted by molar-refractivity contribution is -0.116. The fourth-order valence-corrected chi connectivity index (χ4v) is 0.950. The fraction of sp³-hybridized carbons (Fsp3) is 0.200. The number of nitrogens with one attached hydrogen (secondary N) is 1. The van der Waals surface area contributed by atoms with Crippen molar-refractivity contribution in [3.63, 3.8) is 0 Å². The van der Waals surface area contributed by atoms with E-state index in [9.17, 15) is 9.59 Å². The first-order chi connectivity index (χ1) is 6.15. The Hall–Kier alpha value is -1.64. The molecular weight excluding hydrogens is 166 g/mol. The van der Waals surface area contributed by atoms with Gasteiger partial charge in [0.05, 0.1) is 0 Å². The molecule has 0 aromatic heterocycles. The van der Waals surface area contributed by atoms with E-state index in [-0.39, 0.29) is 0 Å². The van der Waals surface area contributed by atoms with Crippen LogP contribution in [0.2, 0.25) is 0 Å². The minimum atomic E-state index is -0.580. The molecule has 13 heavy (non-hydrogen) atoms. The molecule has 0 unspecified atom stereocenters. The number of benzene rings is 1. The first kappa shape index (κ1) is 9.45. The fourth-order valence-electron chi connectivity index (χ4n) is 0.950. The molecule has 3 heteroatoms. The van der Waals surface area contributed by atoms with Crippen LogP contribution >= 0.6 is 0 Å². The van der Waals surface area contributed by atoms with Gasteiger partial charge in [-0.1, -0.05) is 29.8 Å². The van der Waals surface area contributed by atoms with E-state index >= 15 is 0 Å². The molecular formula is C10H11NO2. The summed E-state index contributed by atoms with van der Waals surface area (Å²) in [4.78, 5) is 22.2. The van der Waals surface area contributed by atoms with Crippen molar-refractivity contribution in [3.8, 4) is 0 Å². The summed E-state index contributed by atoms with van der Waals surface area (Å²) >= 11 is 0. The zero-order valence-electron chi connectivity index (χ0n) is 7.63. The van der Waals surface area contributed by atoms with Crippen molar-refractivity contribution in [2.75, 3.05) is 7.05 Å². The highest BCUT2D eigenvalue weighted by molar-refractivity contribution is 6.42. The number of hydrogen-bond acceptors (Lipinski definition) is 2. The molecule has 0 bridgehead atoms. The van der Waals surface area contributed by atoms with E-state index in [1.807, 2.05) is 6.92 Å². The van der Waals surface area contributed by atoms with Gasteiger partial charge in [-0.05, 0) is 6.92 Å². The van der Waals surface area contributed by atoms with E-state index < -0.39 is 11.7 Å². The maximum absolute atomic E-state index is 11.3. The minimum absolute atomic E-state index is 0.421. The molecule has 1 aromatic carbocycles. The van der Waals surface area contributed by atoms with Gasteiger partial charge in [-0.2, -0.15) is 0 Å². The van der Waals surface area contributed by atoms with Crippen LogP contribution in [-0.2, 0) is 4.79 Å². The third-order valence-corrected chi connectivity index (χ3v) is 1.75. The summed E-state index contributed by atoms with van der Waals surface area (Å²) in [6.45, 7) is 1.92. The Morgan fingerprint density at radius 1 is 1.15 bits per heavy atom. The SMILES string of the molecule is CNC(=O)C(=O)c1ccc(C)cc1. The van der Waals surface area contributed by atoms with Crippen LogP contribution in [0.25, 0.3) is 0 Å². The number of likely N-dealkylation sites (N-methyl/N-ethyl adjacent to an activating group) is 1. The summed E-state index contributed by atoms with van der Waals surface area (Å²) in [5, 5.41) is 2.29. The molecule has 0 heterocycles. The summed E-state index contributed by atoms with van der Waals surface area (Å²) in [7, 11) is 1.44. The summed E-state index contributed by atoms with van der Waals surface area (Å²) in [5.74, 6) is -1.08. The minimum Gasteiger partial charge on any atom is -0.352 e. The maximum Gasteiger partial charge on any atom is 0.292 e. The monoisotopic (exact) mass is 177 g/mol. The third-order valence-electron chi connectivity index (χ3n) is 1.75. The molecule has 0 aliphatic heterocycles. The van der Waals surface area contributed by atoms with Gasteiger partial charge in [0.25, 0.3) is 5.91 Å². The second kappa shape index (κ2) is 3.85. The van der Waals surface area contributed by atoms with Crippen molar-refractivity contribution in [2.24, 2.45) is 0 Å². The summed E-state index contributed by atoms with van der Waals surface area (Å²) in [6.07, 6.45) is 0. The van der Waals surface area contributed by atoms with Crippen molar-refractivity contribution in [3.05, 3.63) is 35.4 Å². The van der Waals surface area contributed by atoms with Crippen LogP contribution in [0, 0.1) is 6.92 Å². The van der Waals surface area contributed by atoms with Crippen LogP contribution in [0.5, 0.6) is 0 Å². The van der Waals surface area contributed by atoms with Crippen LogP contribution in [0.1, 0.15) is 15.9 Å². The highest BCUT2D eigenvalue weighted by Crippen LogP contribution is 2.03. The lowest BCUT2D eigenvalue weighted by Gasteiger charge is -1.99. The summed E-state index contributed by atoms with van der Waals surface area (Å²) in [5.41, 5.74) is 1.48. The Bertz CT molecular complexity index is 327. The standard InChI is InChI=1S/C10H11NO2/c1-7-3-5-8(6-4-7)9(12)10(13)11-2/h3-6H,1-2H3,(H,11,13). The molecule has 1 amide bonds. The van der Waals surface area contributed by atoms with Crippen molar-refractivity contribution in [2.45, 2.75) is 6.92 Å². The average molecular weight is 177 g/mol. The average Bonchev–Trinajstić information content (AvgIpc) is 2.17. The Labute approximate surface area is 76.8 Å². The van der Waals surface area contributed by atoms with Gasteiger partial charge in [-0.15, -0.1) is 0 Å². The predicted molar refractivity (Wildman–Crippen MR) is 49.6 cm³/mol. The number of ketones is 1. The largest absolute Gasteiger partial charge is 0.352 e. The first-order valence-electron chi connectivity index (χ1n) is 3.98. The van der Waals surface area contributed by atoms with Crippen LogP contribution in [0.4, 0.5) is 0 Å². The number of rotatable bonds is 2. The van der Waals surface area contributed by atoms with Gasteiger partial charge in [-0.25, -0.2) is 0 Å². The van der Waals surface area contributed by atoms with E-state index in [1.54, 1.807) is 24.3 Å². The molecule has 0 aliphatic carbocycles. The van der Waals surface area contributed by atoms with Gasteiger partial charge in [-0.3, -0.25) is 9.59 Å². The lowest BCUT2D eigenvalue weighted by atomic mass is 10.1. The Balaban J connectivity index is 2.90. The van der Waals surface area contributed by atoms with Gasteiger partial charge in [0.2, 0.25) is 5.78 Å². The van der Waals surface area contributed by atoms with Gasteiger partial charge >= 0.3 is 0 Å². The highest BCUT2D eigenvalue weighted by Gasteiger charge is 2.13. The molecule has 0 atom stereocenters. The number of Topliss-reactive ketones (excluding diaryl/α,β-unsaturated/α-hetero) is 1. The van der Waals surface area contributed by atoms with E-state index in [2.05, 4.69) is 5.32 Å². The van der Waals surface area contributed by atoms with Crippen molar-refractivity contribution < 1.29 is 9.59 Å². The maximum atomic E-state index is 11.3. The summed E-state index contributed by atoms with van der Waals surface area (Å²) < 4.78 is 0. The smallest absolute Gasteiger partial charge is 0.292 e. The predicted octanol–water partition coefficient (Wildman–Crippen LogP) is 0.924. The van der Waals surface area contributed by atoms with Crippen molar-refractivity contribution in [1.29, 1.82) is 0 Å². The zero-order valence-corrected chi connectivity index (χ0v) is 7.63. The van der Waals surface area contributed by atoms with Crippen molar-refractivity contribution in [1.82, 2.24) is 5.32 Å². The normalized spacial score (nSPS) is 9.38.